The Morgan fingerprint density at radius 3 is 2.05 bits per heavy atom. The van der Waals surface area contributed by atoms with Gasteiger partial charge >= 0.3 is 12.1 Å². The smallest absolute Gasteiger partial charge is 0.413 e. The van der Waals surface area contributed by atoms with Crippen LogP contribution in [0.1, 0.15) is 81.6 Å². The molecule has 7 aliphatic carbocycles. The molecule has 59 heavy (non-hydrogen) atoms. The molecule has 0 radical (unpaired) electrons. The van der Waals surface area contributed by atoms with Crippen molar-refractivity contribution >= 4 is 46.8 Å². The zero-order valence-electron chi connectivity index (χ0n) is 34.6. The molecule has 320 valence electrons. The Morgan fingerprint density at radius 2 is 1.53 bits per heavy atom. The molecule has 0 aromatic heterocycles. The number of phenols is 1. The molecule has 0 aliphatic heterocycles. The van der Waals surface area contributed by atoms with Crippen molar-refractivity contribution in [2.45, 2.75) is 89.3 Å². The van der Waals surface area contributed by atoms with E-state index in [0.717, 1.165) is 43.4 Å². The highest BCUT2D eigenvalue weighted by Crippen LogP contribution is 2.60. The Morgan fingerprint density at radius 1 is 0.932 bits per heavy atom. The summed E-state index contributed by atoms with van der Waals surface area (Å²) in [5, 5.41) is 49.0. The van der Waals surface area contributed by atoms with Crippen LogP contribution in [-0.4, -0.2) is 124 Å². The van der Waals surface area contributed by atoms with Crippen LogP contribution in [0.25, 0.3) is 0 Å². The molecule has 8 rings (SSSR count). The summed E-state index contributed by atoms with van der Waals surface area (Å²) in [5.41, 5.74) is 0.176. The van der Waals surface area contributed by atoms with Crippen LogP contribution in [0.3, 0.4) is 0 Å². The summed E-state index contributed by atoms with van der Waals surface area (Å²) >= 11 is 0. The number of likely N-dealkylation sites (N-methyl/N-ethyl adjacent to an activating group) is 1. The lowest BCUT2D eigenvalue weighted by molar-refractivity contribution is -0.180. The average Bonchev–Trinajstić information content (AvgIpc) is 3.11. The minimum Gasteiger partial charge on any atom is -0.510 e. The fraction of sp³-hybridized carbons (Fsp3) is 0.619. The summed E-state index contributed by atoms with van der Waals surface area (Å²) < 4.78 is 10.9. The SMILES string of the molecule is CN(C)c1cc(NC(=O)CN(C(=O)OCOC(=O)C23CC4CC(CC(C4)C2)C3)C(C)(C)C)c(O)c2c1C[C@H]1C[C@H]3[C@H](N(C)C)C(O)=C(C(N)=O)C(=O)[C@@]3(O)C(O)=C1C2=O. The lowest BCUT2D eigenvalue weighted by atomic mass is 9.49. The van der Waals surface area contributed by atoms with E-state index in [1.54, 1.807) is 53.9 Å². The Bertz CT molecular complexity index is 2060. The Balaban J connectivity index is 1.12. The number of aliphatic hydroxyl groups is 3. The molecule has 7 aliphatic rings. The molecular weight excluding hydrogens is 766 g/mol. The second kappa shape index (κ2) is 14.5. The number of ether oxygens (including phenoxy) is 2. The predicted octanol–water partition coefficient (Wildman–Crippen LogP) is 3.08. The lowest BCUT2D eigenvalue weighted by Gasteiger charge is -2.55. The van der Waals surface area contributed by atoms with Crippen molar-refractivity contribution in [2.24, 2.45) is 40.7 Å². The molecule has 0 saturated heterocycles. The molecule has 0 spiro atoms. The number of rotatable bonds is 9. The number of carbonyl (C=O) groups excluding carboxylic acids is 6. The summed E-state index contributed by atoms with van der Waals surface area (Å²) in [4.78, 5) is 85.1. The third-order valence-corrected chi connectivity index (χ3v) is 13.6. The quantitative estimate of drug-likeness (QED) is 0.0907. The van der Waals surface area contributed by atoms with Crippen LogP contribution in [0.15, 0.2) is 28.7 Å². The number of nitrogens with zero attached hydrogens (tertiary/aromatic N) is 3. The van der Waals surface area contributed by atoms with Crippen LogP contribution in [-0.2, 0) is 35.1 Å². The minimum absolute atomic E-state index is 0.0426. The lowest BCUT2D eigenvalue weighted by Crippen LogP contribution is -2.63. The number of carbonyl (C=O) groups is 6. The molecule has 0 unspecified atom stereocenters. The van der Waals surface area contributed by atoms with Crippen molar-refractivity contribution in [3.05, 3.63) is 39.9 Å². The van der Waals surface area contributed by atoms with Gasteiger partial charge in [-0.1, -0.05) is 0 Å². The number of anilines is 2. The molecule has 4 fully saturated rings. The molecule has 17 heteroatoms. The molecule has 4 bridgehead atoms. The van der Waals surface area contributed by atoms with Gasteiger partial charge in [0.05, 0.1) is 22.7 Å². The number of amides is 3. The minimum atomic E-state index is -2.81. The van der Waals surface area contributed by atoms with Gasteiger partial charge in [-0.15, -0.1) is 0 Å². The molecule has 7 N–H and O–H groups in total. The van der Waals surface area contributed by atoms with Gasteiger partial charge in [0.1, 0.15) is 23.6 Å². The van der Waals surface area contributed by atoms with Crippen LogP contribution >= 0.6 is 0 Å². The number of nitrogens with two attached hydrogens (primary N) is 1. The summed E-state index contributed by atoms with van der Waals surface area (Å²) in [6.07, 6.45) is 4.86. The van der Waals surface area contributed by atoms with Crippen LogP contribution in [0.4, 0.5) is 16.2 Å². The number of Topliss-reactive ketones (excluding diaryl/α,β-unsaturated/α-hetero) is 2. The first-order valence-corrected chi connectivity index (χ1v) is 20.1. The Labute approximate surface area is 342 Å². The first-order valence-electron chi connectivity index (χ1n) is 20.1. The van der Waals surface area contributed by atoms with E-state index in [1.807, 2.05) is 0 Å². The Hall–Kier alpha value is -5.16. The van der Waals surface area contributed by atoms with Gasteiger partial charge < -0.3 is 45.9 Å². The van der Waals surface area contributed by atoms with Crippen LogP contribution < -0.4 is 16.0 Å². The second-order valence-corrected chi connectivity index (χ2v) is 19.0. The van der Waals surface area contributed by atoms with E-state index in [1.165, 1.54) is 11.0 Å². The molecule has 1 aromatic carbocycles. The number of ketones is 2. The van der Waals surface area contributed by atoms with Crippen LogP contribution in [0, 0.1) is 35.0 Å². The highest BCUT2D eigenvalue weighted by molar-refractivity contribution is 6.25. The molecule has 4 saturated carbocycles. The number of allylic oxidation sites excluding steroid dienone is 1. The summed E-state index contributed by atoms with van der Waals surface area (Å²) in [6, 6.07) is 0.336. The van der Waals surface area contributed by atoms with Gasteiger partial charge in [0.15, 0.2) is 17.1 Å². The van der Waals surface area contributed by atoms with Crippen molar-refractivity contribution in [2.75, 3.05) is 51.7 Å². The molecule has 4 atom stereocenters. The fourth-order valence-corrected chi connectivity index (χ4v) is 11.4. The van der Waals surface area contributed by atoms with E-state index in [9.17, 15) is 49.2 Å². The van der Waals surface area contributed by atoms with Gasteiger partial charge in [-0.2, -0.15) is 0 Å². The third-order valence-electron chi connectivity index (χ3n) is 13.6. The number of esters is 1. The fourth-order valence-electron chi connectivity index (χ4n) is 11.4. The maximum atomic E-state index is 14.4. The summed E-state index contributed by atoms with van der Waals surface area (Å²) in [5.74, 6) is -7.48. The number of primary amides is 1. The summed E-state index contributed by atoms with van der Waals surface area (Å²) in [7, 11) is 6.48. The van der Waals surface area contributed by atoms with Gasteiger partial charge in [-0.05, 0) is 122 Å². The molecule has 17 nitrogen and oxygen atoms in total. The topological polar surface area (TPSA) is 250 Å². The van der Waals surface area contributed by atoms with Crippen molar-refractivity contribution in [3.63, 3.8) is 0 Å². The standard InChI is InChI=1S/C42H55N5O12/c1-40(2,3)47(39(56)59-18-58-38(55)41-14-19-8-20(15-41)10-21(9-19)16-41)17-27(48)44-25-13-26(45(4)5)23-11-22-12-24-31(46(6)7)34(51)30(37(43)54)36(53)42(24,57)35(52)28(22)33(50)29(23)32(25)49/h13,19-22,24,31,49,51-52,57H,8-12,14-18H2,1-7H3,(H2,43,54)(H,44,48)/t19?,20?,21?,22-,24-,31-,41?,42-/m0/s1. The first-order chi connectivity index (χ1) is 27.5. The summed E-state index contributed by atoms with van der Waals surface area (Å²) in [6.45, 7) is 3.87. The normalized spacial score (nSPS) is 30.7. The zero-order valence-corrected chi connectivity index (χ0v) is 34.6. The van der Waals surface area contributed by atoms with Crippen molar-refractivity contribution in [1.82, 2.24) is 9.80 Å². The molecule has 1 aromatic rings. The number of fused-ring (bicyclic) bond motifs is 3. The highest BCUT2D eigenvalue weighted by Gasteiger charge is 2.63. The van der Waals surface area contributed by atoms with E-state index in [2.05, 4.69) is 5.32 Å². The first kappa shape index (κ1) is 42.0. The van der Waals surface area contributed by atoms with Gasteiger partial charge in [-0.3, -0.25) is 33.8 Å². The van der Waals surface area contributed by atoms with E-state index in [0.29, 0.717) is 29.0 Å². The highest BCUT2D eigenvalue weighted by atomic mass is 16.7. The zero-order chi connectivity index (χ0) is 43.3. The van der Waals surface area contributed by atoms with Crippen molar-refractivity contribution in [3.8, 4) is 5.75 Å². The number of hydrogen-bond donors (Lipinski definition) is 6. The predicted molar refractivity (Wildman–Crippen MR) is 211 cm³/mol. The van der Waals surface area contributed by atoms with E-state index in [-0.39, 0.29) is 35.6 Å². The maximum absolute atomic E-state index is 14.4. The molecule has 3 amide bonds. The maximum Gasteiger partial charge on any atom is 0.413 e. The van der Waals surface area contributed by atoms with Gasteiger partial charge in [-0.25, -0.2) is 4.79 Å². The number of phenolic OH excluding ortho intramolecular Hbond substituents is 1. The van der Waals surface area contributed by atoms with Crippen molar-refractivity contribution < 1.29 is 58.7 Å². The monoisotopic (exact) mass is 821 g/mol. The van der Waals surface area contributed by atoms with Gasteiger partial charge in [0, 0.05) is 36.8 Å². The molecule has 0 heterocycles. The van der Waals surface area contributed by atoms with Crippen LogP contribution in [0.2, 0.25) is 0 Å². The van der Waals surface area contributed by atoms with Gasteiger partial charge in [0.2, 0.25) is 18.5 Å². The number of aliphatic hydroxyl groups excluding tert-OH is 2. The number of hydrogen-bond acceptors (Lipinski definition) is 14. The number of benzene rings is 1. The number of aromatic hydroxyl groups is 1. The van der Waals surface area contributed by atoms with Crippen LogP contribution in [0.5, 0.6) is 5.75 Å². The molecular formula is C42H55N5O12. The van der Waals surface area contributed by atoms with Gasteiger partial charge in [0.25, 0.3) is 5.91 Å². The largest absolute Gasteiger partial charge is 0.510 e. The Kier molecular flexibility index (Phi) is 10.3. The van der Waals surface area contributed by atoms with E-state index in [4.69, 9.17) is 15.2 Å². The third kappa shape index (κ3) is 6.79. The van der Waals surface area contributed by atoms with E-state index < -0.39 is 100 Å². The van der Waals surface area contributed by atoms with E-state index >= 15 is 0 Å². The second-order valence-electron chi connectivity index (χ2n) is 19.0. The average molecular weight is 822 g/mol. The number of nitrogens with one attached hydrogen (secondary N) is 1. The van der Waals surface area contributed by atoms with Crippen molar-refractivity contribution in [1.29, 1.82) is 0 Å².